The Hall–Kier alpha value is -1.90. The second kappa shape index (κ2) is 13.3. The van der Waals surface area contributed by atoms with Crippen LogP contribution in [0.1, 0.15) is 33.1 Å². The molecule has 1 rings (SSSR count). The molecule has 2 amide bonds. The lowest BCUT2D eigenvalue weighted by Crippen LogP contribution is -2.32. The molecular formula is C19H29NO7. The van der Waals surface area contributed by atoms with Gasteiger partial charge in [0.15, 0.2) is 0 Å². The molecule has 0 N–H and O–H groups in total. The molecule has 0 aromatic carbocycles. The van der Waals surface area contributed by atoms with Crippen molar-refractivity contribution < 1.29 is 33.4 Å². The third-order valence-electron chi connectivity index (χ3n) is 3.92. The van der Waals surface area contributed by atoms with Gasteiger partial charge in [-0.15, -0.1) is 0 Å². The molecule has 0 saturated heterocycles. The van der Waals surface area contributed by atoms with E-state index >= 15 is 0 Å². The van der Waals surface area contributed by atoms with Crippen LogP contribution in [0.25, 0.3) is 0 Å². The Morgan fingerprint density at radius 2 is 1.30 bits per heavy atom. The molecule has 8 nitrogen and oxygen atoms in total. The van der Waals surface area contributed by atoms with Crippen LogP contribution in [0, 0.1) is 5.92 Å². The third kappa shape index (κ3) is 10.1. The van der Waals surface area contributed by atoms with Crippen LogP contribution < -0.4 is 0 Å². The summed E-state index contributed by atoms with van der Waals surface area (Å²) in [5.41, 5.74) is 0. The molecule has 1 aliphatic heterocycles. The van der Waals surface area contributed by atoms with Gasteiger partial charge >= 0.3 is 0 Å². The van der Waals surface area contributed by atoms with Crippen LogP contribution in [-0.2, 0) is 33.4 Å². The second-order valence-corrected chi connectivity index (χ2v) is 6.41. The van der Waals surface area contributed by atoms with Gasteiger partial charge in [-0.3, -0.25) is 24.1 Å². The van der Waals surface area contributed by atoms with E-state index in [1.807, 2.05) is 13.8 Å². The van der Waals surface area contributed by atoms with Gasteiger partial charge in [-0.2, -0.15) is 0 Å². The molecule has 1 aliphatic rings. The summed E-state index contributed by atoms with van der Waals surface area (Å²) >= 11 is 0. The lowest BCUT2D eigenvalue weighted by atomic mass is 10.1. The molecule has 152 valence electrons. The summed E-state index contributed by atoms with van der Waals surface area (Å²) in [7, 11) is 0. The molecule has 0 bridgehead atoms. The van der Waals surface area contributed by atoms with E-state index in [1.165, 1.54) is 12.2 Å². The molecular weight excluding hydrogens is 354 g/mol. The van der Waals surface area contributed by atoms with Crippen molar-refractivity contribution >= 4 is 23.4 Å². The fourth-order valence-electron chi connectivity index (χ4n) is 2.20. The van der Waals surface area contributed by atoms with Gasteiger partial charge in [-0.25, -0.2) is 0 Å². The van der Waals surface area contributed by atoms with Crippen LogP contribution in [0.15, 0.2) is 12.2 Å². The van der Waals surface area contributed by atoms with Crippen LogP contribution in [0.2, 0.25) is 0 Å². The maximum Gasteiger partial charge on any atom is 0.253 e. The van der Waals surface area contributed by atoms with Gasteiger partial charge < -0.3 is 14.2 Å². The zero-order valence-corrected chi connectivity index (χ0v) is 16.1. The van der Waals surface area contributed by atoms with Crippen molar-refractivity contribution in [1.82, 2.24) is 4.90 Å². The number of carbonyl (C=O) groups is 4. The quantitative estimate of drug-likeness (QED) is 0.289. The minimum absolute atomic E-state index is 0.0380. The number of rotatable bonds is 16. The van der Waals surface area contributed by atoms with Gasteiger partial charge in [0.1, 0.15) is 11.6 Å². The summed E-state index contributed by atoms with van der Waals surface area (Å²) in [6.07, 6.45) is 3.19. The maximum atomic E-state index is 11.7. The average Bonchev–Trinajstić information content (AvgIpc) is 2.95. The average molecular weight is 383 g/mol. The molecule has 8 heteroatoms. The van der Waals surface area contributed by atoms with Crippen molar-refractivity contribution in [2.75, 3.05) is 46.2 Å². The second-order valence-electron chi connectivity index (χ2n) is 6.41. The van der Waals surface area contributed by atoms with Gasteiger partial charge in [0, 0.05) is 43.9 Å². The molecule has 0 radical (unpaired) electrons. The predicted molar refractivity (Wildman–Crippen MR) is 97.0 cm³/mol. The maximum absolute atomic E-state index is 11.7. The Bertz CT molecular complexity index is 524. The van der Waals surface area contributed by atoms with Crippen molar-refractivity contribution in [1.29, 1.82) is 0 Å². The number of hydrogen-bond donors (Lipinski definition) is 0. The van der Waals surface area contributed by atoms with Gasteiger partial charge in [0.05, 0.1) is 39.6 Å². The zero-order chi connectivity index (χ0) is 20.1. The first kappa shape index (κ1) is 23.1. The standard InChI is InChI=1S/C19H29NO7/c1-15(2)17(22)7-10-26-12-14-27-13-11-25-9-6-16(21)5-8-20-18(23)3-4-19(20)24/h3-4,15H,5-14H2,1-2H3. The highest BCUT2D eigenvalue weighted by molar-refractivity contribution is 6.13. The molecule has 0 aliphatic carbocycles. The monoisotopic (exact) mass is 383 g/mol. The van der Waals surface area contributed by atoms with E-state index in [9.17, 15) is 19.2 Å². The lowest BCUT2D eigenvalue weighted by molar-refractivity contribution is -0.137. The van der Waals surface area contributed by atoms with E-state index in [0.29, 0.717) is 39.5 Å². The molecule has 0 aromatic rings. The van der Waals surface area contributed by atoms with E-state index in [4.69, 9.17) is 14.2 Å². The molecule has 0 fully saturated rings. The molecule has 0 saturated carbocycles. The Balaban J connectivity index is 1.87. The molecule has 27 heavy (non-hydrogen) atoms. The van der Waals surface area contributed by atoms with Crippen LogP contribution >= 0.6 is 0 Å². The lowest BCUT2D eigenvalue weighted by Gasteiger charge is -2.12. The fraction of sp³-hybridized carbons (Fsp3) is 0.684. The topological polar surface area (TPSA) is 99.2 Å². The third-order valence-corrected chi connectivity index (χ3v) is 3.92. The number of Topliss-reactive ketones (excluding diaryl/α,β-unsaturated/α-hetero) is 2. The Labute approximate surface area is 159 Å². The molecule has 0 unspecified atom stereocenters. The summed E-state index contributed by atoms with van der Waals surface area (Å²) in [5, 5.41) is 0. The molecule has 0 atom stereocenters. The van der Waals surface area contributed by atoms with Gasteiger partial charge in [0.2, 0.25) is 0 Å². The number of hydrogen-bond acceptors (Lipinski definition) is 7. The molecule has 0 spiro atoms. The Morgan fingerprint density at radius 3 is 1.81 bits per heavy atom. The van der Waals surface area contributed by atoms with E-state index in [-0.39, 0.29) is 55.3 Å². The van der Waals surface area contributed by atoms with Gasteiger partial charge in [-0.05, 0) is 0 Å². The number of nitrogens with zero attached hydrogens (tertiary/aromatic N) is 1. The minimum atomic E-state index is -0.378. The highest BCUT2D eigenvalue weighted by atomic mass is 16.5. The van der Waals surface area contributed by atoms with E-state index in [2.05, 4.69) is 0 Å². The van der Waals surface area contributed by atoms with Gasteiger partial charge in [0.25, 0.3) is 11.8 Å². The number of amides is 2. The summed E-state index contributed by atoms with van der Waals surface area (Å²) in [4.78, 5) is 46.8. The van der Waals surface area contributed by atoms with Gasteiger partial charge in [-0.1, -0.05) is 13.8 Å². The van der Waals surface area contributed by atoms with Crippen molar-refractivity contribution in [2.24, 2.45) is 5.92 Å². The van der Waals surface area contributed by atoms with Crippen molar-refractivity contribution in [3.8, 4) is 0 Å². The number of ether oxygens (including phenoxy) is 3. The Kier molecular flexibility index (Phi) is 11.4. The first-order valence-electron chi connectivity index (χ1n) is 9.23. The Morgan fingerprint density at radius 1 is 0.815 bits per heavy atom. The van der Waals surface area contributed by atoms with E-state index < -0.39 is 0 Å². The summed E-state index contributed by atoms with van der Waals surface area (Å²) < 4.78 is 15.9. The molecule has 0 aromatic heterocycles. The van der Waals surface area contributed by atoms with Crippen LogP contribution in [0.4, 0.5) is 0 Å². The first-order valence-corrected chi connectivity index (χ1v) is 9.23. The number of ketones is 2. The SMILES string of the molecule is CC(C)C(=O)CCOCCOCCOCCC(=O)CCN1C(=O)C=CC1=O. The van der Waals surface area contributed by atoms with E-state index in [1.54, 1.807) is 0 Å². The van der Waals surface area contributed by atoms with E-state index in [0.717, 1.165) is 4.90 Å². The predicted octanol–water partition coefficient (Wildman–Crippen LogP) is 0.926. The summed E-state index contributed by atoms with van der Waals surface area (Å²) in [5.74, 6) is -0.591. The van der Waals surface area contributed by atoms with Crippen LogP contribution in [-0.4, -0.2) is 74.5 Å². The highest BCUT2D eigenvalue weighted by Crippen LogP contribution is 2.05. The van der Waals surface area contributed by atoms with Crippen molar-refractivity contribution in [2.45, 2.75) is 33.1 Å². The van der Waals surface area contributed by atoms with Crippen molar-refractivity contribution in [3.05, 3.63) is 12.2 Å². The normalized spacial score (nSPS) is 13.8. The first-order chi connectivity index (χ1) is 12.9. The fourth-order valence-corrected chi connectivity index (χ4v) is 2.20. The molecule has 1 heterocycles. The summed E-state index contributed by atoms with van der Waals surface area (Å²) in [6, 6.07) is 0. The van der Waals surface area contributed by atoms with Crippen LogP contribution in [0.3, 0.4) is 0 Å². The highest BCUT2D eigenvalue weighted by Gasteiger charge is 2.23. The number of carbonyl (C=O) groups excluding carboxylic acids is 4. The summed E-state index contributed by atoms with van der Waals surface area (Å²) in [6.45, 7) is 6.13. The largest absolute Gasteiger partial charge is 0.379 e. The smallest absolute Gasteiger partial charge is 0.253 e. The van der Waals surface area contributed by atoms with Crippen LogP contribution in [0.5, 0.6) is 0 Å². The van der Waals surface area contributed by atoms with Crippen molar-refractivity contribution in [3.63, 3.8) is 0 Å². The minimum Gasteiger partial charge on any atom is -0.379 e. The zero-order valence-electron chi connectivity index (χ0n) is 16.1. The number of imide groups is 1.